The van der Waals surface area contributed by atoms with Crippen LogP contribution in [0.5, 0.6) is 0 Å². The van der Waals surface area contributed by atoms with Crippen LogP contribution in [0, 0.1) is 11.8 Å². The summed E-state index contributed by atoms with van der Waals surface area (Å²) in [6, 6.07) is 13.2. The lowest BCUT2D eigenvalue weighted by Crippen LogP contribution is -2.44. The summed E-state index contributed by atoms with van der Waals surface area (Å²) in [5.41, 5.74) is 8.04. The van der Waals surface area contributed by atoms with Crippen LogP contribution in [0.25, 0.3) is 11.1 Å². The summed E-state index contributed by atoms with van der Waals surface area (Å²) in [5.74, 6) is -4.51. The van der Waals surface area contributed by atoms with Crippen LogP contribution < -0.4 is 16.4 Å². The Morgan fingerprint density at radius 1 is 1.03 bits per heavy atom. The average Bonchev–Trinajstić information content (AvgIpc) is 2.87. The van der Waals surface area contributed by atoms with Gasteiger partial charge in [-0.05, 0) is 30.0 Å². The van der Waals surface area contributed by atoms with Gasteiger partial charge in [0, 0.05) is 29.5 Å². The van der Waals surface area contributed by atoms with Crippen LogP contribution in [-0.4, -0.2) is 23.9 Å². The van der Waals surface area contributed by atoms with Crippen LogP contribution in [0.1, 0.15) is 44.2 Å². The first-order chi connectivity index (χ1) is 15.6. The number of rotatable bonds is 8. The number of alkyl halides is 3. The maximum absolute atomic E-state index is 13.2. The van der Waals surface area contributed by atoms with Gasteiger partial charge in [0.1, 0.15) is 6.04 Å². The van der Waals surface area contributed by atoms with Crippen LogP contribution in [0.15, 0.2) is 48.5 Å². The summed E-state index contributed by atoms with van der Waals surface area (Å²) < 4.78 is 38.4. The van der Waals surface area contributed by atoms with E-state index in [1.807, 2.05) is 24.3 Å². The molecule has 1 aliphatic rings. The van der Waals surface area contributed by atoms with Crippen molar-refractivity contribution in [2.75, 3.05) is 5.32 Å². The summed E-state index contributed by atoms with van der Waals surface area (Å²) in [4.78, 5) is 38.3. The van der Waals surface area contributed by atoms with E-state index in [9.17, 15) is 27.6 Å². The third-order valence-corrected chi connectivity index (χ3v) is 5.82. The Balaban J connectivity index is 1.92. The molecular formula is C24H26F3N3O3. The van der Waals surface area contributed by atoms with Crippen molar-refractivity contribution in [1.29, 1.82) is 0 Å². The second-order valence-corrected chi connectivity index (χ2v) is 8.12. The molecule has 2 aromatic rings. The molecule has 3 rings (SSSR count). The maximum atomic E-state index is 13.2. The summed E-state index contributed by atoms with van der Waals surface area (Å²) in [6.45, 7) is 1.76. The van der Waals surface area contributed by atoms with Gasteiger partial charge in [-0.1, -0.05) is 55.8 Å². The van der Waals surface area contributed by atoms with Crippen LogP contribution in [0.4, 0.5) is 18.9 Å². The normalized spacial score (nSPS) is 17.1. The average molecular weight is 461 g/mol. The van der Waals surface area contributed by atoms with Gasteiger partial charge in [-0.15, -0.1) is 0 Å². The summed E-state index contributed by atoms with van der Waals surface area (Å²) in [7, 11) is 0. The molecular weight excluding hydrogens is 435 g/mol. The second-order valence-electron chi connectivity index (χ2n) is 8.12. The number of fused-ring (bicyclic) bond motifs is 3. The highest BCUT2D eigenvalue weighted by Gasteiger charge is 2.38. The molecule has 33 heavy (non-hydrogen) atoms. The fourth-order valence-electron chi connectivity index (χ4n) is 4.25. The van der Waals surface area contributed by atoms with Crippen molar-refractivity contribution in [3.8, 4) is 11.1 Å². The minimum Gasteiger partial charge on any atom is -0.369 e. The molecule has 3 amide bonds. The van der Waals surface area contributed by atoms with E-state index in [4.69, 9.17) is 5.73 Å². The van der Waals surface area contributed by atoms with Gasteiger partial charge in [-0.3, -0.25) is 14.4 Å². The van der Waals surface area contributed by atoms with Crippen LogP contribution >= 0.6 is 0 Å². The van der Waals surface area contributed by atoms with E-state index in [1.165, 1.54) is 0 Å². The smallest absolute Gasteiger partial charge is 0.369 e. The molecule has 2 aromatic carbocycles. The Bertz CT molecular complexity index is 1040. The van der Waals surface area contributed by atoms with Gasteiger partial charge < -0.3 is 16.4 Å². The molecule has 6 nitrogen and oxygen atoms in total. The zero-order chi connectivity index (χ0) is 24.2. The van der Waals surface area contributed by atoms with Crippen molar-refractivity contribution in [3.63, 3.8) is 0 Å². The molecule has 0 saturated heterocycles. The minimum absolute atomic E-state index is 0.160. The van der Waals surface area contributed by atoms with Gasteiger partial charge in [0.2, 0.25) is 11.8 Å². The predicted molar refractivity (Wildman–Crippen MR) is 118 cm³/mol. The molecule has 0 saturated carbocycles. The second kappa shape index (κ2) is 10.1. The van der Waals surface area contributed by atoms with Crippen molar-refractivity contribution in [2.24, 2.45) is 17.6 Å². The van der Waals surface area contributed by atoms with E-state index in [2.05, 4.69) is 10.6 Å². The highest BCUT2D eigenvalue weighted by atomic mass is 19.4. The summed E-state index contributed by atoms with van der Waals surface area (Å²) in [5, 5.41) is 5.48. The fourth-order valence-corrected chi connectivity index (χ4v) is 4.25. The molecule has 0 radical (unpaired) electrons. The van der Waals surface area contributed by atoms with Gasteiger partial charge in [0.25, 0.3) is 5.91 Å². The minimum atomic E-state index is -4.48. The maximum Gasteiger partial charge on any atom is 0.389 e. The molecule has 1 heterocycles. The van der Waals surface area contributed by atoms with Crippen molar-refractivity contribution in [2.45, 2.75) is 44.8 Å². The number of amides is 3. The van der Waals surface area contributed by atoms with Crippen molar-refractivity contribution >= 4 is 23.4 Å². The largest absolute Gasteiger partial charge is 0.389 e. The molecule has 1 aliphatic heterocycles. The van der Waals surface area contributed by atoms with Gasteiger partial charge in [0.15, 0.2) is 0 Å². The lowest BCUT2D eigenvalue weighted by atomic mass is 9.83. The topological polar surface area (TPSA) is 101 Å². The van der Waals surface area contributed by atoms with Crippen molar-refractivity contribution < 1.29 is 27.6 Å². The molecule has 0 aromatic heterocycles. The highest BCUT2D eigenvalue weighted by Crippen LogP contribution is 2.37. The number of benzene rings is 2. The monoisotopic (exact) mass is 461 g/mol. The standard InChI is InChI=1S/C24H26F3N3O3/c1-2-7-18(17(21(28)31)12-13-24(25,26)27)22(32)30-20-16-10-4-3-8-14(16)15-9-5-6-11-19(15)29-23(20)33/h3-6,8-11,17-18,20H,2,7,12-13H2,1H3,(H2,28,31)(H,29,33)(H,30,32). The van der Waals surface area contributed by atoms with E-state index in [-0.39, 0.29) is 6.42 Å². The number of primary amides is 1. The van der Waals surface area contributed by atoms with Crippen molar-refractivity contribution in [1.82, 2.24) is 5.32 Å². The van der Waals surface area contributed by atoms with E-state index < -0.39 is 54.6 Å². The number of hydrogen-bond donors (Lipinski definition) is 3. The Hall–Kier alpha value is -3.36. The zero-order valence-electron chi connectivity index (χ0n) is 18.1. The third kappa shape index (κ3) is 5.71. The molecule has 0 fully saturated rings. The van der Waals surface area contributed by atoms with Crippen LogP contribution in [0.3, 0.4) is 0 Å². The highest BCUT2D eigenvalue weighted by molar-refractivity contribution is 6.04. The van der Waals surface area contributed by atoms with E-state index in [1.54, 1.807) is 31.2 Å². The van der Waals surface area contributed by atoms with Crippen LogP contribution in [-0.2, 0) is 14.4 Å². The molecule has 0 bridgehead atoms. The quantitative estimate of drug-likeness (QED) is 0.546. The molecule has 4 N–H and O–H groups in total. The Morgan fingerprint density at radius 3 is 2.30 bits per heavy atom. The van der Waals surface area contributed by atoms with E-state index in [0.717, 1.165) is 11.1 Å². The molecule has 3 unspecified atom stereocenters. The summed E-state index contributed by atoms with van der Waals surface area (Å²) >= 11 is 0. The Morgan fingerprint density at radius 2 is 1.67 bits per heavy atom. The first-order valence-corrected chi connectivity index (χ1v) is 10.8. The predicted octanol–water partition coefficient (Wildman–Crippen LogP) is 4.32. The van der Waals surface area contributed by atoms with E-state index >= 15 is 0 Å². The number of nitrogens with one attached hydrogen (secondary N) is 2. The zero-order valence-corrected chi connectivity index (χ0v) is 18.1. The molecule has 9 heteroatoms. The number of halogens is 3. The molecule has 0 aliphatic carbocycles. The third-order valence-electron chi connectivity index (χ3n) is 5.82. The first-order valence-electron chi connectivity index (χ1n) is 10.8. The lowest BCUT2D eigenvalue weighted by Gasteiger charge is -2.27. The number of nitrogens with two attached hydrogens (primary N) is 1. The number of hydrogen-bond acceptors (Lipinski definition) is 3. The summed E-state index contributed by atoms with van der Waals surface area (Å²) in [6.07, 6.45) is -5.68. The van der Waals surface area contributed by atoms with E-state index in [0.29, 0.717) is 17.7 Å². The van der Waals surface area contributed by atoms with Gasteiger partial charge in [0.05, 0.1) is 0 Å². The molecule has 0 spiro atoms. The molecule has 3 atom stereocenters. The number of anilines is 1. The Kier molecular flexibility index (Phi) is 7.40. The van der Waals surface area contributed by atoms with Gasteiger partial charge >= 0.3 is 6.18 Å². The van der Waals surface area contributed by atoms with Crippen LogP contribution in [0.2, 0.25) is 0 Å². The first kappa shape index (κ1) is 24.3. The SMILES string of the molecule is CCCC(C(=O)NC1C(=O)Nc2ccccc2-c2ccccc21)C(CCC(F)(F)F)C(N)=O. The molecule has 176 valence electrons. The number of para-hydroxylation sites is 1. The van der Waals surface area contributed by atoms with Gasteiger partial charge in [-0.25, -0.2) is 0 Å². The number of carbonyl (C=O) groups excluding carboxylic acids is 3. The number of carbonyl (C=O) groups is 3. The lowest BCUT2D eigenvalue weighted by molar-refractivity contribution is -0.146. The Labute approximate surface area is 189 Å². The fraction of sp³-hybridized carbons (Fsp3) is 0.375. The van der Waals surface area contributed by atoms with Gasteiger partial charge in [-0.2, -0.15) is 13.2 Å². The van der Waals surface area contributed by atoms with Crippen molar-refractivity contribution in [3.05, 3.63) is 54.1 Å².